The fourth-order valence-electron chi connectivity index (χ4n) is 2.10. The molecule has 3 heteroatoms. The molecule has 0 aliphatic heterocycles. The molecule has 0 aromatic carbocycles. The maximum atomic E-state index is 2.38. The van der Waals surface area contributed by atoms with Gasteiger partial charge in [0.05, 0.1) is 0 Å². The van der Waals surface area contributed by atoms with Gasteiger partial charge in [0.15, 0.2) is 0 Å². The molecular formula is C15H33NS2. The van der Waals surface area contributed by atoms with Crippen LogP contribution in [0.3, 0.4) is 0 Å². The van der Waals surface area contributed by atoms with E-state index in [0.717, 1.165) is 0 Å². The van der Waals surface area contributed by atoms with Crippen molar-refractivity contribution in [2.45, 2.75) is 81.4 Å². The summed E-state index contributed by atoms with van der Waals surface area (Å²) < 4.78 is 1.30. The lowest BCUT2D eigenvalue weighted by atomic mass is 10.1. The zero-order valence-electron chi connectivity index (χ0n) is 13.7. The molecule has 0 aromatic rings. The zero-order valence-corrected chi connectivity index (χ0v) is 15.3. The van der Waals surface area contributed by atoms with Crippen molar-refractivity contribution in [3.05, 3.63) is 0 Å². The summed E-state index contributed by atoms with van der Waals surface area (Å²) in [5.41, 5.74) is 0. The Labute approximate surface area is 124 Å². The second kappa shape index (κ2) is 8.06. The summed E-state index contributed by atoms with van der Waals surface area (Å²) >= 11 is 4.24. The van der Waals surface area contributed by atoms with E-state index in [-0.39, 0.29) is 0 Å². The summed E-state index contributed by atoms with van der Waals surface area (Å²) in [5, 5.41) is 0. The lowest BCUT2D eigenvalue weighted by molar-refractivity contribution is 0.450. The number of hydrogen-bond donors (Lipinski definition) is 0. The minimum Gasteiger partial charge on any atom is -0.289 e. The molecule has 0 fully saturated rings. The first kappa shape index (κ1) is 18.7. The third kappa shape index (κ3) is 7.96. The van der Waals surface area contributed by atoms with E-state index in [1.165, 1.54) is 25.7 Å². The molecule has 0 aromatic heterocycles. The van der Waals surface area contributed by atoms with Gasteiger partial charge < -0.3 is 0 Å². The average Bonchev–Trinajstić information content (AvgIpc) is 2.14. The minimum absolute atomic E-state index is 0.374. The van der Waals surface area contributed by atoms with Crippen molar-refractivity contribution in [1.29, 1.82) is 0 Å². The van der Waals surface area contributed by atoms with E-state index in [4.69, 9.17) is 0 Å². The van der Waals surface area contributed by atoms with Crippen LogP contribution >= 0.6 is 23.5 Å². The fourth-order valence-corrected chi connectivity index (χ4v) is 6.02. The molecule has 0 saturated carbocycles. The lowest BCUT2D eigenvalue weighted by Crippen LogP contribution is -2.32. The third-order valence-corrected chi connectivity index (χ3v) is 6.47. The Morgan fingerprint density at radius 2 is 1.17 bits per heavy atom. The summed E-state index contributed by atoms with van der Waals surface area (Å²) in [5.74, 6) is 0. The van der Waals surface area contributed by atoms with Gasteiger partial charge in [0, 0.05) is 9.49 Å². The van der Waals surface area contributed by atoms with E-state index in [1.54, 1.807) is 0 Å². The van der Waals surface area contributed by atoms with Crippen LogP contribution in [-0.4, -0.2) is 33.2 Å². The highest BCUT2D eigenvalue weighted by molar-refractivity contribution is 8.18. The van der Waals surface area contributed by atoms with Crippen LogP contribution in [0.15, 0.2) is 0 Å². The van der Waals surface area contributed by atoms with Gasteiger partial charge in [0.1, 0.15) is 4.71 Å². The zero-order chi connectivity index (χ0) is 14.4. The summed E-state index contributed by atoms with van der Waals surface area (Å²) in [4.78, 5) is 2.37. The highest BCUT2D eigenvalue weighted by Crippen LogP contribution is 2.44. The number of hydrogen-bond acceptors (Lipinski definition) is 3. The smallest absolute Gasteiger partial charge is 0.103 e. The van der Waals surface area contributed by atoms with Crippen molar-refractivity contribution in [3.63, 3.8) is 0 Å². The van der Waals surface area contributed by atoms with Crippen LogP contribution in [0.25, 0.3) is 0 Å². The van der Waals surface area contributed by atoms with Crippen molar-refractivity contribution in [1.82, 2.24) is 4.90 Å². The molecule has 110 valence electrons. The topological polar surface area (TPSA) is 3.24 Å². The first-order valence-electron chi connectivity index (χ1n) is 7.15. The van der Waals surface area contributed by atoms with Gasteiger partial charge in [-0.15, -0.1) is 23.5 Å². The van der Waals surface area contributed by atoms with Crippen LogP contribution < -0.4 is 0 Å². The predicted molar refractivity (Wildman–Crippen MR) is 90.6 cm³/mol. The molecule has 18 heavy (non-hydrogen) atoms. The van der Waals surface area contributed by atoms with Gasteiger partial charge >= 0.3 is 0 Å². The highest BCUT2D eigenvalue weighted by Gasteiger charge is 2.30. The van der Waals surface area contributed by atoms with Crippen molar-refractivity contribution in [3.8, 4) is 0 Å². The Morgan fingerprint density at radius 3 is 1.39 bits per heavy atom. The molecule has 0 radical (unpaired) electrons. The SMILES string of the molecule is CCCC(C)(C)SC(SC(C)(C)CCC)N(C)C. The Kier molecular flexibility index (Phi) is 8.36. The van der Waals surface area contributed by atoms with E-state index in [0.29, 0.717) is 14.2 Å². The van der Waals surface area contributed by atoms with Gasteiger partial charge in [0.25, 0.3) is 0 Å². The average molecular weight is 292 g/mol. The quantitative estimate of drug-likeness (QED) is 0.520. The largest absolute Gasteiger partial charge is 0.289 e. The van der Waals surface area contributed by atoms with Gasteiger partial charge in [0.2, 0.25) is 0 Å². The minimum atomic E-state index is 0.374. The second-order valence-corrected chi connectivity index (χ2v) is 10.4. The van der Waals surface area contributed by atoms with E-state index < -0.39 is 0 Å². The fraction of sp³-hybridized carbons (Fsp3) is 1.00. The van der Waals surface area contributed by atoms with E-state index >= 15 is 0 Å². The molecule has 0 spiro atoms. The summed E-state index contributed by atoms with van der Waals surface area (Å²) in [6, 6.07) is 0. The first-order valence-corrected chi connectivity index (χ1v) is 8.91. The molecule has 0 rings (SSSR count). The summed E-state index contributed by atoms with van der Waals surface area (Å²) in [6.07, 6.45) is 5.11. The molecule has 0 heterocycles. The van der Waals surface area contributed by atoms with Crippen molar-refractivity contribution in [2.75, 3.05) is 14.1 Å². The first-order chi connectivity index (χ1) is 8.13. The molecule has 0 unspecified atom stereocenters. The number of nitrogens with zero attached hydrogens (tertiary/aromatic N) is 1. The van der Waals surface area contributed by atoms with E-state index in [2.05, 4.69) is 84.1 Å². The van der Waals surface area contributed by atoms with Crippen LogP contribution in [0.1, 0.15) is 67.2 Å². The summed E-state index contributed by atoms with van der Waals surface area (Å²) in [7, 11) is 4.41. The molecule has 0 amide bonds. The van der Waals surface area contributed by atoms with Crippen LogP contribution in [0.2, 0.25) is 0 Å². The Bertz CT molecular complexity index is 205. The number of thioether (sulfide) groups is 2. The third-order valence-electron chi connectivity index (χ3n) is 2.97. The van der Waals surface area contributed by atoms with Gasteiger partial charge in [-0.2, -0.15) is 0 Å². The maximum absolute atomic E-state index is 2.38. The van der Waals surface area contributed by atoms with Gasteiger partial charge in [-0.3, -0.25) is 4.90 Å². The van der Waals surface area contributed by atoms with Gasteiger partial charge in [-0.1, -0.05) is 54.4 Å². The molecular weight excluding hydrogens is 258 g/mol. The van der Waals surface area contributed by atoms with Gasteiger partial charge in [-0.25, -0.2) is 0 Å². The molecule has 0 saturated heterocycles. The Balaban J connectivity index is 4.58. The normalized spacial score (nSPS) is 13.7. The van der Waals surface area contributed by atoms with Crippen LogP contribution in [0, 0.1) is 0 Å². The number of rotatable bonds is 9. The summed E-state index contributed by atoms with van der Waals surface area (Å²) in [6.45, 7) is 14.1. The molecule has 1 nitrogen and oxygen atoms in total. The molecule has 0 atom stereocenters. The maximum Gasteiger partial charge on any atom is 0.103 e. The van der Waals surface area contributed by atoms with Crippen molar-refractivity contribution in [2.24, 2.45) is 0 Å². The molecule has 0 bridgehead atoms. The second-order valence-electron chi connectivity index (χ2n) is 6.53. The Hall–Kier alpha value is 0.660. The predicted octanol–water partition coefficient (Wildman–Crippen LogP) is 5.46. The standard InChI is InChI=1S/C15H33NS2/c1-9-11-14(3,4)17-13(16(7)8)18-15(5,6)12-10-2/h13H,9-12H2,1-8H3. The lowest BCUT2D eigenvalue weighted by Gasteiger charge is -2.37. The Morgan fingerprint density at radius 1 is 0.833 bits per heavy atom. The van der Waals surface area contributed by atoms with E-state index in [1.807, 2.05) is 0 Å². The van der Waals surface area contributed by atoms with Crippen LogP contribution in [0.5, 0.6) is 0 Å². The van der Waals surface area contributed by atoms with Crippen LogP contribution in [0.4, 0.5) is 0 Å². The molecule has 0 N–H and O–H groups in total. The van der Waals surface area contributed by atoms with Crippen molar-refractivity contribution >= 4 is 23.5 Å². The molecule has 0 aliphatic rings. The van der Waals surface area contributed by atoms with Crippen LogP contribution in [-0.2, 0) is 0 Å². The van der Waals surface area contributed by atoms with E-state index in [9.17, 15) is 0 Å². The van der Waals surface area contributed by atoms with Crippen molar-refractivity contribution < 1.29 is 0 Å². The van der Waals surface area contributed by atoms with Gasteiger partial charge in [-0.05, 0) is 26.9 Å². The monoisotopic (exact) mass is 291 g/mol. The molecule has 0 aliphatic carbocycles. The highest BCUT2D eigenvalue weighted by atomic mass is 32.2.